The van der Waals surface area contributed by atoms with Gasteiger partial charge >= 0.3 is 6.09 Å². The third kappa shape index (κ3) is 4.46. The maximum absolute atomic E-state index is 11.7. The summed E-state index contributed by atoms with van der Waals surface area (Å²) < 4.78 is 4.74. The molecule has 0 atom stereocenters. The minimum absolute atomic E-state index is 0.00272. The van der Waals surface area contributed by atoms with E-state index in [9.17, 15) is 9.59 Å². The van der Waals surface area contributed by atoms with Gasteiger partial charge in [-0.1, -0.05) is 50.7 Å². The van der Waals surface area contributed by atoms with Crippen LogP contribution in [-0.4, -0.2) is 17.2 Å². The lowest BCUT2D eigenvalue weighted by atomic mass is 10.1. The lowest BCUT2D eigenvalue weighted by Crippen LogP contribution is -2.26. The van der Waals surface area contributed by atoms with Crippen molar-refractivity contribution in [1.82, 2.24) is 5.01 Å². The number of nitrogens with zero attached hydrogens (tertiary/aromatic N) is 2. The normalized spacial score (nSPS) is 8.42. The van der Waals surface area contributed by atoms with Crippen molar-refractivity contribution in [2.24, 2.45) is 5.10 Å². The lowest BCUT2D eigenvalue weighted by molar-refractivity contribution is 0.146. The van der Waals surface area contributed by atoms with Crippen molar-refractivity contribution < 1.29 is 14.3 Å². The standard InChI is InChI=1S/C14H14N2O3/c1-7-10(3)12(5)13(6)16(15-9-17)14(18)19-11(4)8-2/h7-8H,1-6H2. The van der Waals surface area contributed by atoms with E-state index in [2.05, 4.69) is 44.6 Å². The number of carbonyl (C=O) groups excluding carboxylic acids is 2. The third-order valence-corrected chi connectivity index (χ3v) is 2.00. The zero-order valence-corrected chi connectivity index (χ0v) is 10.5. The summed E-state index contributed by atoms with van der Waals surface area (Å²) in [5.41, 5.74) is 0.705. The molecule has 0 bridgehead atoms. The molecule has 1 amide bonds. The van der Waals surface area contributed by atoms with Gasteiger partial charge in [-0.15, -0.1) is 0 Å². The molecular weight excluding hydrogens is 244 g/mol. The number of hydrazone groups is 1. The van der Waals surface area contributed by atoms with Crippen LogP contribution in [0.5, 0.6) is 0 Å². The predicted molar refractivity (Wildman–Crippen MR) is 73.4 cm³/mol. The number of hydrogen-bond donors (Lipinski definition) is 0. The summed E-state index contributed by atoms with van der Waals surface area (Å²) in [6.45, 7) is 21.2. The molecule has 5 heteroatoms. The van der Waals surface area contributed by atoms with Crippen molar-refractivity contribution in [3.05, 3.63) is 74.2 Å². The minimum Gasteiger partial charge on any atom is -0.409 e. The van der Waals surface area contributed by atoms with Crippen LogP contribution in [0.15, 0.2) is 79.3 Å². The molecule has 0 aromatic carbocycles. The molecule has 0 aliphatic rings. The van der Waals surface area contributed by atoms with E-state index in [1.54, 1.807) is 0 Å². The highest BCUT2D eigenvalue weighted by Crippen LogP contribution is 2.20. The van der Waals surface area contributed by atoms with E-state index in [0.29, 0.717) is 10.6 Å². The second-order valence-corrected chi connectivity index (χ2v) is 3.20. The molecule has 98 valence electrons. The third-order valence-electron chi connectivity index (χ3n) is 2.00. The average Bonchev–Trinajstić information content (AvgIpc) is 2.41. The number of carbonyl (C=O) groups is 1. The first kappa shape index (κ1) is 16.1. The predicted octanol–water partition coefficient (Wildman–Crippen LogP) is 3.19. The molecule has 0 aromatic rings. The number of allylic oxidation sites excluding steroid dienone is 3. The molecule has 0 aromatic heterocycles. The monoisotopic (exact) mass is 258 g/mol. The second kappa shape index (κ2) is 7.42. The first-order valence-electron chi connectivity index (χ1n) is 5.00. The zero-order valence-electron chi connectivity index (χ0n) is 10.5. The van der Waals surface area contributed by atoms with Crippen LogP contribution in [0.4, 0.5) is 4.79 Å². The number of isocyanates is 1. The molecule has 0 unspecified atom stereocenters. The van der Waals surface area contributed by atoms with Crippen LogP contribution in [-0.2, 0) is 9.53 Å². The maximum Gasteiger partial charge on any atom is 0.441 e. The maximum atomic E-state index is 11.7. The summed E-state index contributed by atoms with van der Waals surface area (Å²) in [7, 11) is 0. The molecule has 19 heavy (non-hydrogen) atoms. The van der Waals surface area contributed by atoms with Gasteiger partial charge in [0.05, 0.1) is 5.70 Å². The van der Waals surface area contributed by atoms with E-state index in [4.69, 9.17) is 4.74 Å². The highest BCUT2D eigenvalue weighted by atomic mass is 16.6. The molecule has 0 aliphatic carbocycles. The number of rotatable bonds is 7. The SMILES string of the molecule is C=CC(=C)OC(=O)N(N=C=O)C(=C)C(=C)C(=C)C=C. The topological polar surface area (TPSA) is 59.0 Å². The van der Waals surface area contributed by atoms with E-state index in [0.717, 1.165) is 0 Å². The highest BCUT2D eigenvalue weighted by Gasteiger charge is 2.21. The number of amides is 1. The summed E-state index contributed by atoms with van der Waals surface area (Å²) in [4.78, 5) is 22.1. The number of ether oxygens (including phenoxy) is 1. The van der Waals surface area contributed by atoms with Gasteiger partial charge in [0.2, 0.25) is 0 Å². The summed E-state index contributed by atoms with van der Waals surface area (Å²) in [5.74, 6) is -0.00272. The fraction of sp³-hybridized carbons (Fsp3) is 0. The van der Waals surface area contributed by atoms with E-state index in [1.807, 2.05) is 0 Å². The first-order chi connectivity index (χ1) is 8.88. The average molecular weight is 258 g/mol. The van der Waals surface area contributed by atoms with Crippen LogP contribution in [0, 0.1) is 0 Å². The molecule has 0 saturated carbocycles. The summed E-state index contributed by atoms with van der Waals surface area (Å²) >= 11 is 0. The Morgan fingerprint density at radius 3 is 2.16 bits per heavy atom. The van der Waals surface area contributed by atoms with Crippen LogP contribution in [0.3, 0.4) is 0 Å². The lowest BCUT2D eigenvalue weighted by Gasteiger charge is -2.18. The smallest absolute Gasteiger partial charge is 0.409 e. The van der Waals surface area contributed by atoms with Crippen molar-refractivity contribution in [2.45, 2.75) is 0 Å². The number of hydrogen-bond acceptors (Lipinski definition) is 4. The summed E-state index contributed by atoms with van der Waals surface area (Å²) in [6.07, 6.45) is 2.87. The molecule has 0 radical (unpaired) electrons. The Bertz CT molecular complexity index is 523. The van der Waals surface area contributed by atoms with Gasteiger partial charge in [0.25, 0.3) is 6.08 Å². The summed E-state index contributed by atoms with van der Waals surface area (Å²) in [6, 6.07) is 0. The van der Waals surface area contributed by atoms with E-state index in [1.165, 1.54) is 18.2 Å². The van der Waals surface area contributed by atoms with Gasteiger partial charge in [-0.3, -0.25) is 0 Å². The Hall–Kier alpha value is -2.91. The summed E-state index contributed by atoms with van der Waals surface area (Å²) in [5, 5.41) is 3.79. The molecular formula is C14H14N2O3. The largest absolute Gasteiger partial charge is 0.441 e. The van der Waals surface area contributed by atoms with Gasteiger partial charge in [0, 0.05) is 0 Å². The van der Waals surface area contributed by atoms with Crippen molar-refractivity contribution >= 4 is 12.2 Å². The molecule has 0 spiro atoms. The molecule has 0 heterocycles. The Kier molecular flexibility index (Phi) is 6.29. The van der Waals surface area contributed by atoms with Gasteiger partial charge in [-0.25, -0.2) is 9.59 Å². The minimum atomic E-state index is -0.990. The second-order valence-electron chi connectivity index (χ2n) is 3.20. The van der Waals surface area contributed by atoms with E-state index in [-0.39, 0.29) is 17.0 Å². The van der Waals surface area contributed by atoms with Gasteiger partial charge in [0.1, 0.15) is 5.76 Å². The molecule has 0 saturated heterocycles. The van der Waals surface area contributed by atoms with Crippen LogP contribution < -0.4 is 0 Å². The van der Waals surface area contributed by atoms with Gasteiger partial charge in [0.15, 0.2) is 0 Å². The molecule has 0 N–H and O–H groups in total. The molecule has 0 rings (SSSR count). The van der Waals surface area contributed by atoms with Gasteiger partial charge in [-0.2, -0.15) is 5.01 Å². The fourth-order valence-corrected chi connectivity index (χ4v) is 0.886. The Balaban J connectivity index is 5.22. The molecule has 0 aliphatic heterocycles. The van der Waals surface area contributed by atoms with Gasteiger partial charge < -0.3 is 4.74 Å². The van der Waals surface area contributed by atoms with Crippen molar-refractivity contribution in [2.75, 3.05) is 0 Å². The Morgan fingerprint density at radius 2 is 1.74 bits per heavy atom. The highest BCUT2D eigenvalue weighted by molar-refractivity contribution is 5.73. The van der Waals surface area contributed by atoms with Crippen LogP contribution in [0.2, 0.25) is 0 Å². The van der Waals surface area contributed by atoms with E-state index < -0.39 is 6.09 Å². The van der Waals surface area contributed by atoms with Gasteiger partial charge in [-0.05, 0) is 17.2 Å². The molecule has 5 nitrogen and oxygen atoms in total. The van der Waals surface area contributed by atoms with E-state index >= 15 is 0 Å². The van der Waals surface area contributed by atoms with Crippen molar-refractivity contribution in [1.29, 1.82) is 0 Å². The Morgan fingerprint density at radius 1 is 1.16 bits per heavy atom. The Labute approximate surface area is 111 Å². The van der Waals surface area contributed by atoms with Crippen LogP contribution >= 0.6 is 0 Å². The molecule has 0 fully saturated rings. The van der Waals surface area contributed by atoms with Crippen LogP contribution in [0.1, 0.15) is 0 Å². The zero-order chi connectivity index (χ0) is 15.0. The van der Waals surface area contributed by atoms with Crippen molar-refractivity contribution in [3.63, 3.8) is 0 Å². The fourth-order valence-electron chi connectivity index (χ4n) is 0.886. The van der Waals surface area contributed by atoms with Crippen LogP contribution in [0.25, 0.3) is 0 Å². The quantitative estimate of drug-likeness (QED) is 0.232. The first-order valence-corrected chi connectivity index (χ1v) is 5.00. The van der Waals surface area contributed by atoms with Crippen molar-refractivity contribution in [3.8, 4) is 0 Å².